The molecule has 2 heterocycles. The van der Waals surface area contributed by atoms with Crippen molar-refractivity contribution in [2.45, 2.75) is 63.8 Å². The molecule has 24 heavy (non-hydrogen) atoms. The number of fused-ring (bicyclic) bond motifs is 1. The summed E-state index contributed by atoms with van der Waals surface area (Å²) in [5.74, 6) is 0.461. The van der Waals surface area contributed by atoms with Crippen LogP contribution in [0, 0.1) is 5.92 Å². The summed E-state index contributed by atoms with van der Waals surface area (Å²) in [5, 5.41) is 0. The first kappa shape index (κ1) is 16.1. The van der Waals surface area contributed by atoms with Gasteiger partial charge in [0.2, 0.25) is 5.91 Å². The van der Waals surface area contributed by atoms with Crippen LogP contribution >= 0.6 is 0 Å². The molecular formula is C20H27NO3. The first-order valence-electron chi connectivity index (χ1n) is 9.29. The van der Waals surface area contributed by atoms with Crippen molar-refractivity contribution in [3.63, 3.8) is 0 Å². The average Bonchev–Trinajstić information content (AvgIpc) is 3.05. The third-order valence-electron chi connectivity index (χ3n) is 5.97. The Morgan fingerprint density at radius 3 is 2.54 bits per heavy atom. The zero-order valence-corrected chi connectivity index (χ0v) is 14.5. The van der Waals surface area contributed by atoms with E-state index >= 15 is 0 Å². The summed E-state index contributed by atoms with van der Waals surface area (Å²) in [6.07, 6.45) is 5.57. The number of carbonyl (C=O) groups excluding carboxylic acids is 1. The zero-order chi connectivity index (χ0) is 16.6. The standard InChI is InChI=1S/C20H27NO3/c1-15-12-17-4-2-3-5-18(17)14-21(15)19(22)13-16-6-8-20(9-7-16)23-10-11-24-20/h2-5,15-16H,6-14H2,1H3/t15-/m1/s1. The molecule has 1 amide bonds. The van der Waals surface area contributed by atoms with Crippen LogP contribution in [0.5, 0.6) is 0 Å². The summed E-state index contributed by atoms with van der Waals surface area (Å²) < 4.78 is 11.6. The Hall–Kier alpha value is -1.39. The van der Waals surface area contributed by atoms with E-state index in [1.165, 1.54) is 11.1 Å². The number of benzene rings is 1. The Balaban J connectivity index is 1.35. The Labute approximate surface area is 144 Å². The summed E-state index contributed by atoms with van der Waals surface area (Å²) in [6, 6.07) is 8.80. The van der Waals surface area contributed by atoms with Crippen molar-refractivity contribution >= 4 is 5.91 Å². The number of carbonyl (C=O) groups is 1. The second kappa shape index (κ2) is 6.49. The highest BCUT2D eigenvalue weighted by Crippen LogP contribution is 2.39. The number of nitrogens with zero attached hydrogens (tertiary/aromatic N) is 1. The van der Waals surface area contributed by atoms with Gasteiger partial charge in [-0.05, 0) is 43.2 Å². The van der Waals surface area contributed by atoms with Crippen LogP contribution in [0.1, 0.15) is 50.2 Å². The van der Waals surface area contributed by atoms with Crippen molar-refractivity contribution in [2.75, 3.05) is 13.2 Å². The van der Waals surface area contributed by atoms with Gasteiger partial charge in [-0.1, -0.05) is 24.3 Å². The predicted octanol–water partition coefficient (Wildman–Crippen LogP) is 3.28. The zero-order valence-electron chi connectivity index (χ0n) is 14.5. The van der Waals surface area contributed by atoms with Crippen molar-refractivity contribution in [1.29, 1.82) is 0 Å². The van der Waals surface area contributed by atoms with E-state index in [9.17, 15) is 4.79 Å². The number of hydrogen-bond acceptors (Lipinski definition) is 3. The normalized spacial score (nSPS) is 26.5. The molecule has 0 unspecified atom stereocenters. The average molecular weight is 329 g/mol. The highest BCUT2D eigenvalue weighted by molar-refractivity contribution is 5.77. The summed E-state index contributed by atoms with van der Waals surface area (Å²) >= 11 is 0. The SMILES string of the molecule is C[C@@H]1Cc2ccccc2CN1C(=O)CC1CCC2(CC1)OCCO2. The van der Waals surface area contributed by atoms with Gasteiger partial charge in [-0.25, -0.2) is 0 Å². The minimum absolute atomic E-state index is 0.295. The van der Waals surface area contributed by atoms with E-state index in [1.807, 2.05) is 0 Å². The van der Waals surface area contributed by atoms with Crippen LogP contribution in [0.4, 0.5) is 0 Å². The van der Waals surface area contributed by atoms with Crippen LogP contribution < -0.4 is 0 Å². The number of rotatable bonds is 2. The van der Waals surface area contributed by atoms with Crippen molar-refractivity contribution < 1.29 is 14.3 Å². The molecule has 4 rings (SSSR count). The summed E-state index contributed by atoms with van der Waals surface area (Å²) in [4.78, 5) is 14.9. The van der Waals surface area contributed by atoms with Crippen LogP contribution in [0.2, 0.25) is 0 Å². The molecule has 1 spiro atoms. The highest BCUT2D eigenvalue weighted by atomic mass is 16.7. The minimum atomic E-state index is -0.323. The molecule has 0 N–H and O–H groups in total. The van der Waals surface area contributed by atoms with E-state index in [0.717, 1.165) is 38.6 Å². The molecule has 4 nitrogen and oxygen atoms in total. The number of ether oxygens (including phenoxy) is 2. The van der Waals surface area contributed by atoms with E-state index in [1.54, 1.807) is 0 Å². The molecule has 0 aromatic heterocycles. The van der Waals surface area contributed by atoms with Gasteiger partial charge in [-0.3, -0.25) is 4.79 Å². The molecule has 0 radical (unpaired) electrons. The molecule has 1 saturated heterocycles. The number of hydrogen-bond donors (Lipinski definition) is 0. The summed E-state index contributed by atoms with van der Waals surface area (Å²) in [6.45, 7) is 4.37. The molecule has 1 atom stereocenters. The smallest absolute Gasteiger partial charge is 0.223 e. The van der Waals surface area contributed by atoms with Gasteiger partial charge in [0.1, 0.15) is 0 Å². The molecule has 130 valence electrons. The molecule has 2 aliphatic heterocycles. The van der Waals surface area contributed by atoms with Crippen LogP contribution in [0.3, 0.4) is 0 Å². The molecule has 1 aliphatic carbocycles. The lowest BCUT2D eigenvalue weighted by Gasteiger charge is -2.38. The van der Waals surface area contributed by atoms with Crippen molar-refractivity contribution in [3.8, 4) is 0 Å². The van der Waals surface area contributed by atoms with Crippen LogP contribution in [-0.2, 0) is 27.2 Å². The summed E-state index contributed by atoms with van der Waals surface area (Å²) in [5.41, 5.74) is 2.70. The van der Waals surface area contributed by atoms with Crippen LogP contribution in [0.25, 0.3) is 0 Å². The maximum atomic E-state index is 12.9. The van der Waals surface area contributed by atoms with Crippen molar-refractivity contribution in [1.82, 2.24) is 4.90 Å². The fourth-order valence-electron chi connectivity index (χ4n) is 4.48. The van der Waals surface area contributed by atoms with Crippen LogP contribution in [-0.4, -0.2) is 35.8 Å². The predicted molar refractivity (Wildman–Crippen MR) is 91.4 cm³/mol. The van der Waals surface area contributed by atoms with Gasteiger partial charge in [0.05, 0.1) is 13.2 Å². The van der Waals surface area contributed by atoms with E-state index < -0.39 is 0 Å². The third kappa shape index (κ3) is 3.09. The molecule has 3 aliphatic rings. The van der Waals surface area contributed by atoms with E-state index in [0.29, 0.717) is 37.5 Å². The van der Waals surface area contributed by atoms with Crippen molar-refractivity contribution in [3.05, 3.63) is 35.4 Å². The van der Waals surface area contributed by atoms with Gasteiger partial charge < -0.3 is 14.4 Å². The highest BCUT2D eigenvalue weighted by Gasteiger charge is 2.41. The van der Waals surface area contributed by atoms with Gasteiger partial charge in [-0.2, -0.15) is 0 Å². The fraction of sp³-hybridized carbons (Fsp3) is 0.650. The largest absolute Gasteiger partial charge is 0.348 e. The lowest BCUT2D eigenvalue weighted by molar-refractivity contribution is -0.183. The Kier molecular flexibility index (Phi) is 4.35. The summed E-state index contributed by atoms with van der Waals surface area (Å²) in [7, 11) is 0. The maximum absolute atomic E-state index is 12.9. The van der Waals surface area contributed by atoms with Gasteiger partial charge in [0, 0.05) is 31.8 Å². The molecule has 0 bridgehead atoms. The second-order valence-corrected chi connectivity index (χ2v) is 7.60. The first-order chi connectivity index (χ1) is 11.7. The first-order valence-corrected chi connectivity index (χ1v) is 9.29. The Morgan fingerprint density at radius 1 is 1.17 bits per heavy atom. The Bertz CT molecular complexity index is 599. The second-order valence-electron chi connectivity index (χ2n) is 7.60. The van der Waals surface area contributed by atoms with Gasteiger partial charge in [0.25, 0.3) is 0 Å². The Morgan fingerprint density at radius 2 is 1.83 bits per heavy atom. The molecular weight excluding hydrogens is 302 g/mol. The molecule has 1 aromatic carbocycles. The number of amides is 1. The van der Waals surface area contributed by atoms with E-state index in [2.05, 4.69) is 36.1 Å². The fourth-order valence-corrected chi connectivity index (χ4v) is 4.48. The third-order valence-corrected chi connectivity index (χ3v) is 5.97. The van der Waals surface area contributed by atoms with Crippen LogP contribution in [0.15, 0.2) is 24.3 Å². The van der Waals surface area contributed by atoms with E-state index in [4.69, 9.17) is 9.47 Å². The van der Waals surface area contributed by atoms with Gasteiger partial charge >= 0.3 is 0 Å². The molecule has 1 aromatic rings. The van der Waals surface area contributed by atoms with E-state index in [-0.39, 0.29) is 5.79 Å². The van der Waals surface area contributed by atoms with Crippen molar-refractivity contribution in [2.24, 2.45) is 5.92 Å². The lowest BCUT2D eigenvalue weighted by Crippen LogP contribution is -2.44. The topological polar surface area (TPSA) is 38.8 Å². The minimum Gasteiger partial charge on any atom is -0.348 e. The molecule has 4 heteroatoms. The molecule has 2 fully saturated rings. The lowest BCUT2D eigenvalue weighted by atomic mass is 9.82. The monoisotopic (exact) mass is 329 g/mol. The van der Waals surface area contributed by atoms with Gasteiger partial charge in [-0.15, -0.1) is 0 Å². The van der Waals surface area contributed by atoms with Gasteiger partial charge in [0.15, 0.2) is 5.79 Å². The molecule has 1 saturated carbocycles. The maximum Gasteiger partial charge on any atom is 0.223 e. The quantitative estimate of drug-likeness (QED) is 0.836.